The van der Waals surface area contributed by atoms with Crippen molar-refractivity contribution in [1.29, 1.82) is 0 Å². The molecule has 0 aliphatic heterocycles. The van der Waals surface area contributed by atoms with Gasteiger partial charge in [0.25, 0.3) is 0 Å². The Morgan fingerprint density at radius 1 is 1.25 bits per heavy atom. The molecule has 112 valence electrons. The van der Waals surface area contributed by atoms with Gasteiger partial charge in [-0.3, -0.25) is 4.79 Å². The second-order valence-corrected chi connectivity index (χ2v) is 5.97. The zero-order valence-electron chi connectivity index (χ0n) is 13.0. The van der Waals surface area contributed by atoms with Crippen LogP contribution in [0.4, 0.5) is 0 Å². The van der Waals surface area contributed by atoms with E-state index in [1.807, 2.05) is 44.4 Å². The molecule has 3 N–H and O–H groups in total. The number of carbonyl (C=O) groups excluding carboxylic acids is 1. The topological polar surface area (TPSA) is 58.4 Å². The van der Waals surface area contributed by atoms with Crippen LogP contribution in [-0.4, -0.2) is 37.5 Å². The molecule has 0 aromatic heterocycles. The maximum Gasteiger partial charge on any atom is 0.237 e. The van der Waals surface area contributed by atoms with E-state index in [1.54, 1.807) is 0 Å². The SMILES string of the molecule is CC(C)CC(N)C(=O)NC(CN(C)C)c1ccccc1. The summed E-state index contributed by atoms with van der Waals surface area (Å²) in [5, 5.41) is 3.06. The summed E-state index contributed by atoms with van der Waals surface area (Å²) in [4.78, 5) is 14.3. The number of nitrogens with two attached hydrogens (primary N) is 1. The fourth-order valence-electron chi connectivity index (χ4n) is 2.18. The molecule has 0 saturated carbocycles. The van der Waals surface area contributed by atoms with Gasteiger partial charge in [-0.05, 0) is 32.0 Å². The number of amides is 1. The molecular weight excluding hydrogens is 250 g/mol. The third-order valence-corrected chi connectivity index (χ3v) is 3.13. The van der Waals surface area contributed by atoms with Crippen LogP contribution in [0.2, 0.25) is 0 Å². The fourth-order valence-corrected chi connectivity index (χ4v) is 2.18. The predicted octanol–water partition coefficient (Wildman–Crippen LogP) is 1.78. The van der Waals surface area contributed by atoms with Gasteiger partial charge in [0, 0.05) is 6.54 Å². The van der Waals surface area contributed by atoms with Gasteiger partial charge in [0.2, 0.25) is 5.91 Å². The molecule has 2 unspecified atom stereocenters. The van der Waals surface area contributed by atoms with Gasteiger partial charge in [0.15, 0.2) is 0 Å². The van der Waals surface area contributed by atoms with E-state index < -0.39 is 6.04 Å². The first-order valence-corrected chi connectivity index (χ1v) is 7.15. The van der Waals surface area contributed by atoms with E-state index >= 15 is 0 Å². The Bertz CT molecular complexity index is 403. The average Bonchev–Trinajstić information content (AvgIpc) is 2.37. The number of nitrogens with one attached hydrogen (secondary N) is 1. The van der Waals surface area contributed by atoms with E-state index in [9.17, 15) is 4.79 Å². The van der Waals surface area contributed by atoms with Crippen molar-refractivity contribution in [1.82, 2.24) is 10.2 Å². The molecule has 4 nitrogen and oxygen atoms in total. The van der Waals surface area contributed by atoms with Crippen LogP contribution < -0.4 is 11.1 Å². The molecule has 0 aliphatic rings. The van der Waals surface area contributed by atoms with Crippen LogP contribution in [0.15, 0.2) is 30.3 Å². The highest BCUT2D eigenvalue weighted by molar-refractivity contribution is 5.81. The largest absolute Gasteiger partial charge is 0.347 e. The van der Waals surface area contributed by atoms with Crippen molar-refractivity contribution in [3.05, 3.63) is 35.9 Å². The van der Waals surface area contributed by atoms with Crippen LogP contribution in [-0.2, 0) is 4.79 Å². The Hall–Kier alpha value is -1.39. The summed E-state index contributed by atoms with van der Waals surface area (Å²) in [5.74, 6) is 0.342. The summed E-state index contributed by atoms with van der Waals surface area (Å²) in [5.41, 5.74) is 7.05. The first-order chi connectivity index (χ1) is 9.40. The third-order valence-electron chi connectivity index (χ3n) is 3.13. The summed E-state index contributed by atoms with van der Waals surface area (Å²) in [7, 11) is 3.99. The van der Waals surface area contributed by atoms with Gasteiger partial charge in [-0.1, -0.05) is 44.2 Å². The molecule has 2 atom stereocenters. The molecule has 0 bridgehead atoms. The van der Waals surface area contributed by atoms with Crippen molar-refractivity contribution in [3.63, 3.8) is 0 Å². The lowest BCUT2D eigenvalue weighted by Crippen LogP contribution is -2.45. The van der Waals surface area contributed by atoms with E-state index in [0.717, 1.165) is 12.1 Å². The lowest BCUT2D eigenvalue weighted by molar-refractivity contribution is -0.123. The quantitative estimate of drug-likeness (QED) is 0.798. The second-order valence-electron chi connectivity index (χ2n) is 5.97. The monoisotopic (exact) mass is 277 g/mol. The molecule has 0 spiro atoms. The number of nitrogens with zero attached hydrogens (tertiary/aromatic N) is 1. The Labute approximate surface area is 122 Å². The van der Waals surface area contributed by atoms with Gasteiger partial charge in [-0.15, -0.1) is 0 Å². The minimum absolute atomic E-state index is 0.0306. The van der Waals surface area contributed by atoms with Gasteiger partial charge in [-0.2, -0.15) is 0 Å². The Morgan fingerprint density at radius 2 is 1.85 bits per heavy atom. The molecule has 4 heteroatoms. The molecule has 1 rings (SSSR count). The summed E-state index contributed by atoms with van der Waals surface area (Å²) in [6.45, 7) is 4.90. The predicted molar refractivity (Wildman–Crippen MR) is 83.3 cm³/mol. The Balaban J connectivity index is 2.73. The molecule has 0 heterocycles. The van der Waals surface area contributed by atoms with E-state index in [1.165, 1.54) is 0 Å². The molecule has 0 fully saturated rings. The zero-order chi connectivity index (χ0) is 15.1. The first kappa shape index (κ1) is 16.7. The maximum atomic E-state index is 12.2. The highest BCUT2D eigenvalue weighted by Crippen LogP contribution is 2.14. The smallest absolute Gasteiger partial charge is 0.237 e. The highest BCUT2D eigenvalue weighted by Gasteiger charge is 2.20. The van der Waals surface area contributed by atoms with E-state index in [0.29, 0.717) is 12.3 Å². The number of rotatable bonds is 7. The van der Waals surface area contributed by atoms with Gasteiger partial charge in [0.05, 0.1) is 12.1 Å². The number of hydrogen-bond donors (Lipinski definition) is 2. The first-order valence-electron chi connectivity index (χ1n) is 7.15. The minimum atomic E-state index is -0.441. The second kappa shape index (κ2) is 8.02. The van der Waals surface area contributed by atoms with Crippen LogP contribution in [0.25, 0.3) is 0 Å². The van der Waals surface area contributed by atoms with Crippen LogP contribution in [0.3, 0.4) is 0 Å². The van der Waals surface area contributed by atoms with Gasteiger partial charge < -0.3 is 16.0 Å². The van der Waals surface area contributed by atoms with Gasteiger partial charge >= 0.3 is 0 Å². The molecule has 0 saturated heterocycles. The van der Waals surface area contributed by atoms with Crippen LogP contribution in [0.1, 0.15) is 31.9 Å². The van der Waals surface area contributed by atoms with Crippen LogP contribution in [0, 0.1) is 5.92 Å². The molecule has 1 aromatic rings. The number of benzene rings is 1. The Kier molecular flexibility index (Phi) is 6.68. The van der Waals surface area contributed by atoms with Crippen molar-refractivity contribution in [3.8, 4) is 0 Å². The third kappa shape index (κ3) is 5.72. The molecule has 20 heavy (non-hydrogen) atoms. The van der Waals surface area contributed by atoms with Crippen molar-refractivity contribution in [2.24, 2.45) is 11.7 Å². The van der Waals surface area contributed by atoms with Gasteiger partial charge in [0.1, 0.15) is 0 Å². The number of hydrogen-bond acceptors (Lipinski definition) is 3. The van der Waals surface area contributed by atoms with Crippen molar-refractivity contribution in [2.75, 3.05) is 20.6 Å². The molecule has 0 aliphatic carbocycles. The van der Waals surface area contributed by atoms with E-state index in [4.69, 9.17) is 5.73 Å². The molecule has 1 amide bonds. The molecular formula is C16H27N3O. The number of likely N-dealkylation sites (N-methyl/N-ethyl adjacent to an activating group) is 1. The standard InChI is InChI=1S/C16H27N3O/c1-12(2)10-14(17)16(20)18-15(11-19(3)4)13-8-6-5-7-9-13/h5-9,12,14-15H,10-11,17H2,1-4H3,(H,18,20). The molecule has 0 radical (unpaired) electrons. The lowest BCUT2D eigenvalue weighted by atomic mass is 10.0. The fraction of sp³-hybridized carbons (Fsp3) is 0.562. The van der Waals surface area contributed by atoms with Crippen LogP contribution >= 0.6 is 0 Å². The van der Waals surface area contributed by atoms with Gasteiger partial charge in [-0.25, -0.2) is 0 Å². The number of carbonyl (C=O) groups is 1. The maximum absolute atomic E-state index is 12.2. The summed E-state index contributed by atoms with van der Waals surface area (Å²) < 4.78 is 0. The summed E-state index contributed by atoms with van der Waals surface area (Å²) in [6, 6.07) is 9.53. The zero-order valence-corrected chi connectivity index (χ0v) is 13.0. The van der Waals surface area contributed by atoms with Crippen molar-refractivity contribution < 1.29 is 4.79 Å². The van der Waals surface area contributed by atoms with Crippen molar-refractivity contribution >= 4 is 5.91 Å². The summed E-state index contributed by atoms with van der Waals surface area (Å²) in [6.07, 6.45) is 0.704. The molecule has 1 aromatic carbocycles. The summed E-state index contributed by atoms with van der Waals surface area (Å²) >= 11 is 0. The van der Waals surface area contributed by atoms with E-state index in [2.05, 4.69) is 24.1 Å². The minimum Gasteiger partial charge on any atom is -0.347 e. The highest BCUT2D eigenvalue weighted by atomic mass is 16.2. The Morgan fingerprint density at radius 3 is 2.35 bits per heavy atom. The van der Waals surface area contributed by atoms with Crippen LogP contribution in [0.5, 0.6) is 0 Å². The lowest BCUT2D eigenvalue weighted by Gasteiger charge is -2.25. The average molecular weight is 277 g/mol. The normalized spacial score (nSPS) is 14.3. The van der Waals surface area contributed by atoms with E-state index in [-0.39, 0.29) is 11.9 Å². The van der Waals surface area contributed by atoms with Crippen molar-refractivity contribution in [2.45, 2.75) is 32.4 Å².